The quantitative estimate of drug-likeness (QED) is 0.291. The molecule has 1 N–H and O–H groups in total. The number of likely N-dealkylation sites (N-methyl/N-ethyl adjacent to an activating group) is 1. The number of ether oxygens (including phenoxy) is 2. The number of hydrogen-bond donors (Lipinski definition) is 1. The van der Waals surface area contributed by atoms with Crippen molar-refractivity contribution in [1.29, 1.82) is 0 Å². The monoisotopic (exact) mass is 572 g/mol. The summed E-state index contributed by atoms with van der Waals surface area (Å²) in [5.41, 5.74) is 1.34. The highest BCUT2D eigenvalue weighted by molar-refractivity contribution is 5.97. The van der Waals surface area contributed by atoms with Gasteiger partial charge in [0.05, 0.1) is 30.1 Å². The molecule has 0 fully saturated rings. The molecule has 4 rings (SSSR count). The fourth-order valence-electron chi connectivity index (χ4n) is 4.21. The minimum atomic E-state index is -0.507. The topological polar surface area (TPSA) is 112 Å². The third kappa shape index (κ3) is 6.60. The number of fused-ring (bicyclic) bond motifs is 1. The van der Waals surface area contributed by atoms with E-state index in [1.807, 2.05) is 57.1 Å². The molecular weight excluding hydrogens is 536 g/mol. The second-order valence-electron chi connectivity index (χ2n) is 11.0. The lowest BCUT2D eigenvalue weighted by Gasteiger charge is -2.31. The maximum absolute atomic E-state index is 13.5. The highest BCUT2D eigenvalue weighted by Gasteiger charge is 2.23. The number of aromatic nitrogens is 2. The first kappa shape index (κ1) is 30.3. The number of nitrogens with one attached hydrogen (secondary N) is 1. The standard InChI is InChI=1S/C32H36N4O6/c1-32(2,34(3)4)20-42-30(39)23-11-7-22(8-12-23)19-36-29(38)26-17-24(13-16-27(26)35(5)31(36)40)28(37)33-18-21-9-14-25(41-6)15-10-21/h7-17H,18-20H2,1-6H3,(H,33,37). The van der Waals surface area contributed by atoms with Crippen molar-refractivity contribution in [2.24, 2.45) is 7.05 Å². The Morgan fingerprint density at radius 3 is 2.14 bits per heavy atom. The summed E-state index contributed by atoms with van der Waals surface area (Å²) in [7, 11) is 7.00. The minimum absolute atomic E-state index is 0.00166. The van der Waals surface area contributed by atoms with Crippen LogP contribution in [0.2, 0.25) is 0 Å². The van der Waals surface area contributed by atoms with Gasteiger partial charge in [0.25, 0.3) is 11.5 Å². The summed E-state index contributed by atoms with van der Waals surface area (Å²) < 4.78 is 13.1. The molecule has 42 heavy (non-hydrogen) atoms. The summed E-state index contributed by atoms with van der Waals surface area (Å²) in [4.78, 5) is 54.0. The van der Waals surface area contributed by atoms with E-state index in [2.05, 4.69) is 5.32 Å². The van der Waals surface area contributed by atoms with Crippen molar-refractivity contribution in [3.63, 3.8) is 0 Å². The van der Waals surface area contributed by atoms with E-state index < -0.39 is 17.2 Å². The zero-order chi connectivity index (χ0) is 30.6. The summed E-state index contributed by atoms with van der Waals surface area (Å²) in [5.74, 6) is -0.0725. The normalized spacial score (nSPS) is 11.5. The van der Waals surface area contributed by atoms with Gasteiger partial charge in [0.1, 0.15) is 12.4 Å². The third-order valence-electron chi connectivity index (χ3n) is 7.52. The number of benzene rings is 3. The Hall–Kier alpha value is -4.70. The maximum Gasteiger partial charge on any atom is 0.338 e. The van der Waals surface area contributed by atoms with Crippen LogP contribution in [-0.2, 0) is 24.9 Å². The van der Waals surface area contributed by atoms with Crippen molar-refractivity contribution in [3.8, 4) is 5.75 Å². The van der Waals surface area contributed by atoms with Crippen LogP contribution in [0.3, 0.4) is 0 Å². The predicted octanol–water partition coefficient (Wildman–Crippen LogP) is 3.18. The minimum Gasteiger partial charge on any atom is -0.497 e. The van der Waals surface area contributed by atoms with Gasteiger partial charge in [-0.1, -0.05) is 24.3 Å². The summed E-state index contributed by atoms with van der Waals surface area (Å²) in [5, 5.41) is 3.11. The molecule has 0 radical (unpaired) electrons. The number of nitrogens with zero attached hydrogens (tertiary/aromatic N) is 3. The Morgan fingerprint density at radius 1 is 0.905 bits per heavy atom. The van der Waals surface area contributed by atoms with E-state index in [0.717, 1.165) is 15.9 Å². The predicted molar refractivity (Wildman–Crippen MR) is 161 cm³/mol. The van der Waals surface area contributed by atoms with Crippen molar-refractivity contribution in [3.05, 3.63) is 110 Å². The number of rotatable bonds is 10. The van der Waals surface area contributed by atoms with Crippen molar-refractivity contribution in [2.75, 3.05) is 27.8 Å². The van der Waals surface area contributed by atoms with Gasteiger partial charge in [0.15, 0.2) is 0 Å². The Kier molecular flexibility index (Phi) is 8.96. The molecule has 0 aliphatic carbocycles. The highest BCUT2D eigenvalue weighted by atomic mass is 16.5. The molecule has 1 heterocycles. The number of hydrogen-bond acceptors (Lipinski definition) is 7. The smallest absolute Gasteiger partial charge is 0.338 e. The van der Waals surface area contributed by atoms with Crippen LogP contribution in [-0.4, -0.2) is 59.3 Å². The van der Waals surface area contributed by atoms with Crippen LogP contribution in [0, 0.1) is 0 Å². The Morgan fingerprint density at radius 2 is 1.52 bits per heavy atom. The Labute approximate surface area is 244 Å². The third-order valence-corrected chi connectivity index (χ3v) is 7.52. The van der Waals surface area contributed by atoms with Gasteiger partial charge in [0, 0.05) is 24.7 Å². The SMILES string of the molecule is COc1ccc(CNC(=O)c2ccc3c(c2)c(=O)n(Cc2ccc(C(=O)OCC(C)(C)N(C)C)cc2)c(=O)n3C)cc1. The van der Waals surface area contributed by atoms with Crippen molar-refractivity contribution >= 4 is 22.8 Å². The molecule has 0 aliphatic heterocycles. The first-order chi connectivity index (χ1) is 19.9. The second kappa shape index (κ2) is 12.4. The molecule has 3 aromatic carbocycles. The molecule has 1 amide bonds. The number of esters is 1. The van der Waals surface area contributed by atoms with E-state index in [-0.39, 0.29) is 30.0 Å². The molecule has 0 saturated heterocycles. The van der Waals surface area contributed by atoms with Crippen LogP contribution < -0.4 is 21.3 Å². The molecule has 0 atom stereocenters. The lowest BCUT2D eigenvalue weighted by molar-refractivity contribution is 0.0254. The number of carbonyl (C=O) groups is 2. The lowest BCUT2D eigenvalue weighted by Crippen LogP contribution is -2.43. The molecular formula is C32H36N4O6. The molecule has 0 saturated carbocycles. The molecule has 1 aromatic heterocycles. The van der Waals surface area contributed by atoms with E-state index in [1.165, 1.54) is 10.6 Å². The second-order valence-corrected chi connectivity index (χ2v) is 11.0. The molecule has 0 unspecified atom stereocenters. The molecule has 10 nitrogen and oxygen atoms in total. The van der Waals surface area contributed by atoms with E-state index in [4.69, 9.17) is 9.47 Å². The zero-order valence-electron chi connectivity index (χ0n) is 24.8. The number of carbonyl (C=O) groups excluding carboxylic acids is 2. The first-order valence-electron chi connectivity index (χ1n) is 13.5. The number of methoxy groups -OCH3 is 1. The van der Waals surface area contributed by atoms with E-state index in [0.29, 0.717) is 28.8 Å². The van der Waals surface area contributed by atoms with Crippen molar-refractivity contribution in [2.45, 2.75) is 32.5 Å². The maximum atomic E-state index is 13.5. The molecule has 0 aliphatic rings. The van der Waals surface area contributed by atoms with Gasteiger partial charge in [-0.2, -0.15) is 0 Å². The number of aryl methyl sites for hydroxylation is 1. The summed E-state index contributed by atoms with van der Waals surface area (Å²) in [6.07, 6.45) is 0. The fraction of sp³-hybridized carbons (Fsp3) is 0.312. The molecule has 4 aromatic rings. The summed E-state index contributed by atoms with van der Waals surface area (Å²) in [6, 6.07) is 18.6. The van der Waals surface area contributed by atoms with E-state index >= 15 is 0 Å². The molecule has 0 bridgehead atoms. The molecule has 0 spiro atoms. The fourth-order valence-corrected chi connectivity index (χ4v) is 4.21. The average Bonchev–Trinajstić information content (AvgIpc) is 2.99. The molecule has 220 valence electrons. The van der Waals surface area contributed by atoms with Crippen LogP contribution >= 0.6 is 0 Å². The Bertz CT molecular complexity index is 1720. The lowest BCUT2D eigenvalue weighted by atomic mass is 10.1. The van der Waals surface area contributed by atoms with Crippen LogP contribution in [0.1, 0.15) is 45.7 Å². The Balaban J connectivity index is 1.53. The largest absolute Gasteiger partial charge is 0.497 e. The summed E-state index contributed by atoms with van der Waals surface area (Å²) in [6.45, 7) is 4.48. The van der Waals surface area contributed by atoms with E-state index in [9.17, 15) is 19.2 Å². The average molecular weight is 573 g/mol. The van der Waals surface area contributed by atoms with Gasteiger partial charge < -0.3 is 19.7 Å². The van der Waals surface area contributed by atoms with Gasteiger partial charge in [-0.05, 0) is 81.5 Å². The van der Waals surface area contributed by atoms with Gasteiger partial charge in [-0.15, -0.1) is 0 Å². The van der Waals surface area contributed by atoms with Crippen molar-refractivity contribution in [1.82, 2.24) is 19.4 Å². The van der Waals surface area contributed by atoms with Crippen molar-refractivity contribution < 1.29 is 19.1 Å². The van der Waals surface area contributed by atoms with Crippen LogP contribution in [0.25, 0.3) is 10.9 Å². The van der Waals surface area contributed by atoms with E-state index in [1.54, 1.807) is 50.6 Å². The summed E-state index contributed by atoms with van der Waals surface area (Å²) >= 11 is 0. The highest BCUT2D eigenvalue weighted by Crippen LogP contribution is 2.15. The zero-order valence-corrected chi connectivity index (χ0v) is 24.8. The van der Waals surface area contributed by atoms with Gasteiger partial charge in [-0.3, -0.25) is 18.7 Å². The number of amides is 1. The van der Waals surface area contributed by atoms with Gasteiger partial charge >= 0.3 is 11.7 Å². The van der Waals surface area contributed by atoms with Gasteiger partial charge in [-0.25, -0.2) is 9.59 Å². The molecule has 10 heteroatoms. The van der Waals surface area contributed by atoms with Crippen LogP contribution in [0.15, 0.2) is 76.3 Å². The first-order valence-corrected chi connectivity index (χ1v) is 13.5. The van der Waals surface area contributed by atoms with Crippen LogP contribution in [0.5, 0.6) is 5.75 Å². The van der Waals surface area contributed by atoms with Gasteiger partial charge in [0.2, 0.25) is 0 Å². The van der Waals surface area contributed by atoms with Crippen LogP contribution in [0.4, 0.5) is 0 Å².